The van der Waals surface area contributed by atoms with Crippen molar-refractivity contribution >= 4 is 0 Å². The second kappa shape index (κ2) is 9.76. The van der Waals surface area contributed by atoms with E-state index in [-0.39, 0.29) is 0 Å². The molecule has 0 rings (SSSR count). The third-order valence-electron chi connectivity index (χ3n) is 3.28. The smallest absolute Gasteiger partial charge is 0.0244 e. The van der Waals surface area contributed by atoms with Gasteiger partial charge in [-0.25, -0.2) is 0 Å². The molecule has 0 heterocycles. The van der Waals surface area contributed by atoms with Crippen LogP contribution >= 0.6 is 0 Å². The van der Waals surface area contributed by atoms with Crippen molar-refractivity contribution in [3.63, 3.8) is 0 Å². The topological polar surface area (TPSA) is 18.5 Å². The van der Waals surface area contributed by atoms with Crippen molar-refractivity contribution in [2.75, 3.05) is 46.8 Å². The average molecular weight is 257 g/mol. The molecule has 0 saturated carbocycles. The Labute approximate surface area is 115 Å². The van der Waals surface area contributed by atoms with Gasteiger partial charge in [0.1, 0.15) is 0 Å². The minimum absolute atomic E-state index is 0.646. The Balaban J connectivity index is 4.52. The van der Waals surface area contributed by atoms with Gasteiger partial charge in [-0.1, -0.05) is 34.6 Å². The summed E-state index contributed by atoms with van der Waals surface area (Å²) in [6, 6.07) is 0.646. The van der Waals surface area contributed by atoms with Crippen LogP contribution in [0.25, 0.3) is 0 Å². The lowest BCUT2D eigenvalue weighted by atomic mass is 10.0. The molecule has 0 aliphatic carbocycles. The molecule has 0 fully saturated rings. The van der Waals surface area contributed by atoms with Gasteiger partial charge in [0, 0.05) is 32.2 Å². The Morgan fingerprint density at radius 1 is 1.00 bits per heavy atom. The van der Waals surface area contributed by atoms with Crippen LogP contribution in [-0.4, -0.2) is 62.7 Å². The second-order valence-electron chi connectivity index (χ2n) is 6.31. The highest BCUT2D eigenvalue weighted by atomic mass is 15.2. The first-order valence-corrected chi connectivity index (χ1v) is 7.47. The van der Waals surface area contributed by atoms with E-state index in [1.54, 1.807) is 0 Å². The van der Waals surface area contributed by atoms with Gasteiger partial charge in [0.2, 0.25) is 0 Å². The van der Waals surface area contributed by atoms with Crippen LogP contribution < -0.4 is 5.32 Å². The van der Waals surface area contributed by atoms with Gasteiger partial charge in [-0.05, 0) is 32.5 Å². The molecular formula is C15H35N3. The minimum Gasteiger partial charge on any atom is -0.315 e. The van der Waals surface area contributed by atoms with Gasteiger partial charge in [-0.2, -0.15) is 0 Å². The number of rotatable bonds is 10. The summed E-state index contributed by atoms with van der Waals surface area (Å²) in [5.74, 6) is 1.43. The summed E-state index contributed by atoms with van der Waals surface area (Å²) in [5.41, 5.74) is 0. The molecule has 0 amide bonds. The van der Waals surface area contributed by atoms with Crippen molar-refractivity contribution in [2.24, 2.45) is 11.8 Å². The van der Waals surface area contributed by atoms with Crippen LogP contribution in [-0.2, 0) is 0 Å². The summed E-state index contributed by atoms with van der Waals surface area (Å²) in [5, 5.41) is 3.52. The molecule has 3 nitrogen and oxygen atoms in total. The second-order valence-corrected chi connectivity index (χ2v) is 6.31. The van der Waals surface area contributed by atoms with E-state index >= 15 is 0 Å². The Morgan fingerprint density at radius 3 is 2.00 bits per heavy atom. The number of likely N-dealkylation sites (N-methyl/N-ethyl adjacent to an activating group) is 2. The molecule has 1 atom stereocenters. The maximum absolute atomic E-state index is 3.52. The average Bonchev–Trinajstić information content (AvgIpc) is 2.24. The molecular weight excluding hydrogens is 222 g/mol. The molecule has 0 saturated heterocycles. The van der Waals surface area contributed by atoms with Crippen molar-refractivity contribution in [1.82, 2.24) is 15.1 Å². The number of hydrogen-bond donors (Lipinski definition) is 1. The summed E-state index contributed by atoms with van der Waals surface area (Å²) < 4.78 is 0. The first-order chi connectivity index (χ1) is 8.38. The van der Waals surface area contributed by atoms with E-state index in [2.05, 4.69) is 63.8 Å². The van der Waals surface area contributed by atoms with Crippen molar-refractivity contribution in [3.8, 4) is 0 Å². The van der Waals surface area contributed by atoms with Crippen molar-refractivity contribution in [2.45, 2.75) is 40.7 Å². The third-order valence-corrected chi connectivity index (χ3v) is 3.28. The number of nitrogens with one attached hydrogen (secondary N) is 1. The van der Waals surface area contributed by atoms with Gasteiger partial charge in [0.15, 0.2) is 0 Å². The van der Waals surface area contributed by atoms with E-state index in [1.165, 1.54) is 13.1 Å². The summed E-state index contributed by atoms with van der Waals surface area (Å²) in [6.45, 7) is 17.2. The van der Waals surface area contributed by atoms with E-state index < -0.39 is 0 Å². The van der Waals surface area contributed by atoms with Gasteiger partial charge in [-0.3, -0.25) is 4.90 Å². The lowest BCUT2D eigenvalue weighted by molar-refractivity contribution is 0.125. The fourth-order valence-electron chi connectivity index (χ4n) is 2.27. The van der Waals surface area contributed by atoms with Crippen LogP contribution in [0, 0.1) is 11.8 Å². The summed E-state index contributed by atoms with van der Waals surface area (Å²) in [6.07, 6.45) is 0. The Kier molecular flexibility index (Phi) is 9.70. The fourth-order valence-corrected chi connectivity index (χ4v) is 2.27. The lowest BCUT2D eigenvalue weighted by Crippen LogP contribution is -2.49. The van der Waals surface area contributed by atoms with Gasteiger partial charge in [-0.15, -0.1) is 0 Å². The van der Waals surface area contributed by atoms with E-state index in [0.717, 1.165) is 25.6 Å². The standard InChI is InChI=1S/C15H35N3/c1-8-16-11-15(14(4)5)18(12-13(2)3)10-9-17(6)7/h13-16H,8-12H2,1-7H3. The van der Waals surface area contributed by atoms with Gasteiger partial charge in [0.25, 0.3) is 0 Å². The Morgan fingerprint density at radius 2 is 1.61 bits per heavy atom. The van der Waals surface area contributed by atoms with Crippen LogP contribution in [0.5, 0.6) is 0 Å². The SMILES string of the molecule is CCNCC(C(C)C)N(CCN(C)C)CC(C)C. The van der Waals surface area contributed by atoms with Crippen LogP contribution in [0.1, 0.15) is 34.6 Å². The fraction of sp³-hybridized carbons (Fsp3) is 1.00. The van der Waals surface area contributed by atoms with Crippen molar-refractivity contribution in [3.05, 3.63) is 0 Å². The number of hydrogen-bond acceptors (Lipinski definition) is 3. The molecule has 0 radical (unpaired) electrons. The zero-order valence-corrected chi connectivity index (χ0v) is 13.7. The molecule has 0 aliphatic rings. The molecule has 0 aromatic carbocycles. The maximum Gasteiger partial charge on any atom is 0.0244 e. The molecule has 0 spiro atoms. The van der Waals surface area contributed by atoms with Gasteiger partial charge in [0.05, 0.1) is 0 Å². The zero-order valence-electron chi connectivity index (χ0n) is 13.7. The first kappa shape index (κ1) is 17.9. The first-order valence-electron chi connectivity index (χ1n) is 7.47. The van der Waals surface area contributed by atoms with Crippen LogP contribution in [0.3, 0.4) is 0 Å². The third kappa shape index (κ3) is 8.06. The molecule has 0 bridgehead atoms. The molecule has 0 aromatic rings. The highest BCUT2D eigenvalue weighted by Crippen LogP contribution is 2.12. The summed E-state index contributed by atoms with van der Waals surface area (Å²) in [7, 11) is 4.31. The molecule has 18 heavy (non-hydrogen) atoms. The van der Waals surface area contributed by atoms with E-state index in [0.29, 0.717) is 12.0 Å². The highest BCUT2D eigenvalue weighted by Gasteiger charge is 2.21. The summed E-state index contributed by atoms with van der Waals surface area (Å²) in [4.78, 5) is 4.94. The Hall–Kier alpha value is -0.120. The van der Waals surface area contributed by atoms with Crippen LogP contribution in [0.2, 0.25) is 0 Å². The lowest BCUT2D eigenvalue weighted by Gasteiger charge is -2.36. The normalized spacial score (nSPS) is 14.2. The predicted octanol–water partition coefficient (Wildman–Crippen LogP) is 2.14. The Bertz CT molecular complexity index is 190. The maximum atomic E-state index is 3.52. The quantitative estimate of drug-likeness (QED) is 0.647. The molecule has 3 heteroatoms. The van der Waals surface area contributed by atoms with E-state index in [1.807, 2.05) is 0 Å². The number of nitrogens with zero attached hydrogens (tertiary/aromatic N) is 2. The minimum atomic E-state index is 0.646. The molecule has 0 aliphatic heterocycles. The zero-order chi connectivity index (χ0) is 14.1. The van der Waals surface area contributed by atoms with Crippen molar-refractivity contribution in [1.29, 1.82) is 0 Å². The monoisotopic (exact) mass is 257 g/mol. The molecule has 1 unspecified atom stereocenters. The molecule has 1 N–H and O–H groups in total. The van der Waals surface area contributed by atoms with Crippen molar-refractivity contribution < 1.29 is 0 Å². The molecule has 0 aromatic heterocycles. The van der Waals surface area contributed by atoms with E-state index in [4.69, 9.17) is 0 Å². The van der Waals surface area contributed by atoms with Crippen LogP contribution in [0.15, 0.2) is 0 Å². The highest BCUT2D eigenvalue weighted by molar-refractivity contribution is 4.78. The van der Waals surface area contributed by atoms with Gasteiger partial charge >= 0.3 is 0 Å². The van der Waals surface area contributed by atoms with E-state index in [9.17, 15) is 0 Å². The van der Waals surface area contributed by atoms with Crippen LogP contribution in [0.4, 0.5) is 0 Å². The molecule has 110 valence electrons. The predicted molar refractivity (Wildman–Crippen MR) is 82.1 cm³/mol. The summed E-state index contributed by atoms with van der Waals surface area (Å²) >= 11 is 0. The van der Waals surface area contributed by atoms with Gasteiger partial charge < -0.3 is 10.2 Å². The largest absolute Gasteiger partial charge is 0.315 e.